The van der Waals surface area contributed by atoms with Gasteiger partial charge in [-0.1, -0.05) is 0 Å². The van der Waals surface area contributed by atoms with Gasteiger partial charge in [0.1, 0.15) is 0 Å². The second kappa shape index (κ2) is 11.9. The zero-order chi connectivity index (χ0) is 28.0. The van der Waals surface area contributed by atoms with Gasteiger partial charge >= 0.3 is 193 Å². The number of ether oxygens (including phenoxy) is 3. The summed E-state index contributed by atoms with van der Waals surface area (Å²) in [4.78, 5) is 24.8. The summed E-state index contributed by atoms with van der Waals surface area (Å²) in [5, 5.41) is 2.07. The predicted molar refractivity (Wildman–Crippen MR) is 111 cm³/mol. The normalized spacial score (nSPS) is 12.3. The summed E-state index contributed by atoms with van der Waals surface area (Å²) >= 11 is 4.30. The third-order valence-electron chi connectivity index (χ3n) is 4.14. The fourth-order valence-electron chi connectivity index (χ4n) is 2.68. The van der Waals surface area contributed by atoms with Crippen molar-refractivity contribution in [2.24, 2.45) is 5.73 Å². The van der Waals surface area contributed by atoms with Crippen molar-refractivity contribution in [2.75, 3.05) is 7.11 Å². The second-order valence-corrected chi connectivity index (χ2v) is 7.01. The summed E-state index contributed by atoms with van der Waals surface area (Å²) in [7, 11) is 1.04. The Morgan fingerprint density at radius 1 is 1.00 bits per heavy atom. The van der Waals surface area contributed by atoms with Gasteiger partial charge in [0.15, 0.2) is 0 Å². The van der Waals surface area contributed by atoms with Gasteiger partial charge in [-0.25, -0.2) is 0 Å². The number of benzene rings is 2. The Bertz CT molecular complexity index is 1260. The number of hydrogen-bond donors (Lipinski definition) is 2. The van der Waals surface area contributed by atoms with Crippen LogP contribution in [0.3, 0.4) is 0 Å². The van der Waals surface area contributed by atoms with Crippen LogP contribution in [0.1, 0.15) is 15.9 Å². The SMILES string of the molecule is COc1cc(OC(F)(F)F)ccc1Oc1ccc(C(F)(F)F)c(F)c1C(=O)N/C(C=CC(N)=O)=C/[CH]=[Ni]. The molecule has 37 heavy (non-hydrogen) atoms. The van der Waals surface area contributed by atoms with Crippen LogP contribution >= 0.6 is 0 Å². The van der Waals surface area contributed by atoms with Crippen molar-refractivity contribution in [3.63, 3.8) is 0 Å². The number of primary amides is 1. The monoisotopic (exact) mass is 578 g/mol. The first-order chi connectivity index (χ1) is 17.2. The molecule has 2 amide bonds. The van der Waals surface area contributed by atoms with Gasteiger partial charge in [-0.05, 0) is 0 Å². The standard InChI is InChI=1S/C22H15F7N2O5.Ni/c1-3-11(4-9-17(30)32)31-20(33)18-15(8-6-13(19(18)23)21(24,25)26)35-14-7-5-12(10-16(14)34-2)36-22(27,28)29;/h1,3-10H,2H3,(H2,30,32)(H,31,33);/b9-4?,11-3+;. The molecule has 0 atom stereocenters. The van der Waals surface area contributed by atoms with Gasteiger partial charge in [0.05, 0.1) is 0 Å². The molecule has 2 aromatic rings. The molecule has 0 saturated heterocycles. The summed E-state index contributed by atoms with van der Waals surface area (Å²) in [6, 6.07) is 3.37. The van der Waals surface area contributed by atoms with E-state index in [1.54, 1.807) is 0 Å². The van der Waals surface area contributed by atoms with Crippen molar-refractivity contribution in [3.8, 4) is 23.0 Å². The number of hydrogen-bond acceptors (Lipinski definition) is 5. The van der Waals surface area contributed by atoms with Gasteiger partial charge in [0.25, 0.3) is 0 Å². The van der Waals surface area contributed by atoms with Crippen molar-refractivity contribution < 1.29 is 69.6 Å². The van der Waals surface area contributed by atoms with Crippen LogP contribution in [0.5, 0.6) is 23.0 Å². The van der Waals surface area contributed by atoms with Crippen molar-refractivity contribution in [3.05, 3.63) is 71.2 Å². The van der Waals surface area contributed by atoms with Gasteiger partial charge in [-0.15, -0.1) is 13.2 Å². The number of alkyl halides is 6. The zero-order valence-electron chi connectivity index (χ0n) is 18.3. The fourth-order valence-corrected chi connectivity index (χ4v) is 2.86. The van der Waals surface area contributed by atoms with Gasteiger partial charge in [-0.2, -0.15) is 0 Å². The summed E-state index contributed by atoms with van der Waals surface area (Å²) in [5.74, 6) is -6.65. The van der Waals surface area contributed by atoms with E-state index in [9.17, 15) is 40.3 Å². The van der Waals surface area contributed by atoms with Crippen molar-refractivity contribution in [2.45, 2.75) is 12.5 Å². The number of rotatable bonds is 9. The number of carbonyl (C=O) groups is 2. The average Bonchev–Trinajstić information content (AvgIpc) is 2.76. The Labute approximate surface area is 211 Å². The molecule has 0 aliphatic heterocycles. The zero-order valence-corrected chi connectivity index (χ0v) is 19.3. The van der Waals surface area contributed by atoms with E-state index in [1.807, 2.05) is 0 Å². The molecule has 15 heteroatoms. The molecule has 0 aromatic heterocycles. The molecule has 2 aromatic carbocycles. The minimum absolute atomic E-state index is 0.232. The first-order valence-electron chi connectivity index (χ1n) is 9.56. The molecular formula is C22H15F7N2NiO5. The number of nitrogens with one attached hydrogen (secondary N) is 1. The van der Waals surface area contributed by atoms with E-state index >= 15 is 0 Å². The molecule has 7 nitrogen and oxygen atoms in total. The molecule has 0 saturated carbocycles. The van der Waals surface area contributed by atoms with E-state index in [0.717, 1.165) is 48.5 Å². The fraction of sp³-hybridized carbons (Fsp3) is 0.136. The summed E-state index contributed by atoms with van der Waals surface area (Å²) < 4.78 is 106. The molecule has 0 spiro atoms. The van der Waals surface area contributed by atoms with E-state index in [2.05, 4.69) is 25.1 Å². The number of carbonyl (C=O) groups excluding carboxylic acids is 2. The quantitative estimate of drug-likeness (QED) is 0.197. The van der Waals surface area contributed by atoms with Gasteiger partial charge < -0.3 is 4.74 Å². The minimum atomic E-state index is -5.20. The Morgan fingerprint density at radius 3 is 2.19 bits per heavy atom. The topological polar surface area (TPSA) is 99.9 Å². The van der Waals surface area contributed by atoms with Crippen molar-refractivity contribution in [1.29, 1.82) is 0 Å². The van der Waals surface area contributed by atoms with Crippen LogP contribution in [0.4, 0.5) is 30.7 Å². The van der Waals surface area contributed by atoms with E-state index in [4.69, 9.17) is 15.2 Å². The molecule has 2 rings (SSSR count). The number of halogens is 7. The molecule has 0 unspecified atom stereocenters. The first-order valence-corrected chi connectivity index (χ1v) is 10.1. The molecule has 0 aliphatic carbocycles. The Hall–Kier alpha value is -3.87. The Kier molecular flexibility index (Phi) is 9.45. The van der Waals surface area contributed by atoms with Crippen LogP contribution < -0.4 is 25.3 Å². The number of methoxy groups -OCH3 is 1. The van der Waals surface area contributed by atoms with Gasteiger partial charge in [0.2, 0.25) is 0 Å². The number of nitrogens with two attached hydrogens (primary N) is 1. The summed E-state index contributed by atoms with van der Waals surface area (Å²) in [6.45, 7) is 0. The molecule has 202 valence electrons. The van der Waals surface area contributed by atoms with E-state index in [1.165, 1.54) is 0 Å². The summed E-state index contributed by atoms with van der Waals surface area (Å²) in [6.07, 6.45) is -7.40. The molecule has 0 bridgehead atoms. The third-order valence-corrected chi connectivity index (χ3v) is 4.31. The molecular weight excluding hydrogens is 564 g/mol. The first kappa shape index (κ1) is 29.4. The van der Waals surface area contributed by atoms with Crippen LogP contribution in [0.25, 0.3) is 0 Å². The van der Waals surface area contributed by atoms with Crippen molar-refractivity contribution >= 4 is 16.8 Å². The number of allylic oxidation sites excluding steroid dienone is 2. The maximum atomic E-state index is 15.0. The van der Waals surface area contributed by atoms with E-state index in [0.29, 0.717) is 12.1 Å². The Morgan fingerprint density at radius 2 is 1.65 bits per heavy atom. The molecule has 0 heterocycles. The molecule has 0 radical (unpaired) electrons. The Balaban J connectivity index is 2.58. The van der Waals surface area contributed by atoms with Crippen LogP contribution in [0.15, 0.2) is 54.3 Å². The predicted octanol–water partition coefficient (Wildman–Crippen LogP) is 4.55. The van der Waals surface area contributed by atoms with Crippen LogP contribution in [0.2, 0.25) is 0 Å². The van der Waals surface area contributed by atoms with E-state index < -0.39 is 58.5 Å². The molecule has 0 fully saturated rings. The van der Waals surface area contributed by atoms with Crippen LogP contribution in [-0.2, 0) is 26.0 Å². The molecule has 3 N–H and O–H groups in total. The van der Waals surface area contributed by atoms with Crippen molar-refractivity contribution in [1.82, 2.24) is 5.32 Å². The second-order valence-electron chi connectivity index (χ2n) is 6.68. The van der Waals surface area contributed by atoms with E-state index in [-0.39, 0.29) is 11.4 Å². The van der Waals surface area contributed by atoms with Crippen LogP contribution in [0, 0.1) is 5.82 Å². The number of amides is 2. The maximum absolute atomic E-state index is 15.0. The van der Waals surface area contributed by atoms with Gasteiger partial charge in [0, 0.05) is 0 Å². The third kappa shape index (κ3) is 8.34. The average molecular weight is 579 g/mol. The van der Waals surface area contributed by atoms with Crippen LogP contribution in [-0.4, -0.2) is 30.3 Å². The summed E-state index contributed by atoms with van der Waals surface area (Å²) in [5.41, 5.74) is 1.70. The molecule has 0 aliphatic rings. The van der Waals surface area contributed by atoms with Gasteiger partial charge in [-0.3, -0.25) is 0 Å².